The molecule has 0 amide bonds. The van der Waals surface area contributed by atoms with Gasteiger partial charge in [-0.2, -0.15) is 0 Å². The molecule has 80 valence electrons. The number of aromatic nitrogens is 1. The van der Waals surface area contributed by atoms with Crippen molar-refractivity contribution in [2.45, 2.75) is 13.3 Å². The highest BCUT2D eigenvalue weighted by Crippen LogP contribution is 2.35. The van der Waals surface area contributed by atoms with Crippen LogP contribution in [-0.4, -0.2) is 12.0 Å². The van der Waals surface area contributed by atoms with Gasteiger partial charge >= 0.3 is 0 Å². The zero-order valence-corrected chi connectivity index (χ0v) is 9.57. The van der Waals surface area contributed by atoms with Gasteiger partial charge in [-0.05, 0) is 30.2 Å². The summed E-state index contributed by atoms with van der Waals surface area (Å²) >= 11 is 0. The van der Waals surface area contributed by atoms with Gasteiger partial charge in [0.2, 0.25) is 0 Å². The zero-order valence-electron chi connectivity index (χ0n) is 9.57. The smallest absolute Gasteiger partial charge is 0.136 e. The predicted octanol–water partition coefficient (Wildman–Crippen LogP) is 3.06. The van der Waals surface area contributed by atoms with Gasteiger partial charge in [-0.3, -0.25) is 0 Å². The Hall–Kier alpha value is -1.83. The van der Waals surface area contributed by atoms with Gasteiger partial charge < -0.3 is 4.90 Å². The van der Waals surface area contributed by atoms with Gasteiger partial charge in [-0.15, -0.1) is 0 Å². The standard InChI is InChI=1S/C14H14N2/c1-10-7-8-12-9-11-5-3-4-6-13(11)16(2)14(12)15-10/h3-8H,9H2,1-2H3. The quantitative estimate of drug-likeness (QED) is 0.664. The second-order valence-corrected chi connectivity index (χ2v) is 4.30. The number of fused-ring (bicyclic) bond motifs is 2. The summed E-state index contributed by atoms with van der Waals surface area (Å²) in [7, 11) is 2.09. The van der Waals surface area contributed by atoms with Crippen molar-refractivity contribution in [3.05, 3.63) is 53.2 Å². The average Bonchev–Trinajstić information content (AvgIpc) is 2.31. The van der Waals surface area contributed by atoms with Crippen molar-refractivity contribution in [3.63, 3.8) is 0 Å². The molecule has 0 saturated heterocycles. The molecule has 0 unspecified atom stereocenters. The summed E-state index contributed by atoms with van der Waals surface area (Å²) < 4.78 is 0. The minimum absolute atomic E-state index is 0.989. The van der Waals surface area contributed by atoms with Crippen molar-refractivity contribution in [3.8, 4) is 0 Å². The van der Waals surface area contributed by atoms with Crippen LogP contribution in [0, 0.1) is 6.92 Å². The number of rotatable bonds is 0. The van der Waals surface area contributed by atoms with Crippen LogP contribution in [0.4, 0.5) is 11.5 Å². The van der Waals surface area contributed by atoms with Crippen LogP contribution in [0.3, 0.4) is 0 Å². The number of pyridine rings is 1. The van der Waals surface area contributed by atoms with Gasteiger partial charge in [0, 0.05) is 24.8 Å². The predicted molar refractivity (Wildman–Crippen MR) is 66.3 cm³/mol. The van der Waals surface area contributed by atoms with Crippen molar-refractivity contribution in [2.75, 3.05) is 11.9 Å². The van der Waals surface area contributed by atoms with Crippen molar-refractivity contribution in [2.24, 2.45) is 0 Å². The first-order valence-corrected chi connectivity index (χ1v) is 5.54. The normalized spacial score (nSPS) is 13.2. The van der Waals surface area contributed by atoms with E-state index in [2.05, 4.69) is 53.3 Å². The molecule has 2 heterocycles. The summed E-state index contributed by atoms with van der Waals surface area (Å²) in [5, 5.41) is 0. The average molecular weight is 210 g/mol. The number of hydrogen-bond donors (Lipinski definition) is 0. The van der Waals surface area contributed by atoms with E-state index in [0.29, 0.717) is 0 Å². The van der Waals surface area contributed by atoms with E-state index in [0.717, 1.165) is 17.9 Å². The van der Waals surface area contributed by atoms with E-state index in [-0.39, 0.29) is 0 Å². The van der Waals surface area contributed by atoms with E-state index in [4.69, 9.17) is 0 Å². The van der Waals surface area contributed by atoms with Crippen molar-refractivity contribution < 1.29 is 0 Å². The molecule has 3 rings (SSSR count). The molecule has 2 aromatic rings. The van der Waals surface area contributed by atoms with E-state index < -0.39 is 0 Å². The minimum Gasteiger partial charge on any atom is -0.329 e. The molecule has 0 bridgehead atoms. The molecule has 0 saturated carbocycles. The van der Waals surface area contributed by atoms with E-state index >= 15 is 0 Å². The maximum absolute atomic E-state index is 4.62. The molecule has 1 aliphatic heterocycles. The second kappa shape index (κ2) is 3.34. The molecule has 0 atom stereocenters. The summed E-state index contributed by atoms with van der Waals surface area (Å²) in [5.74, 6) is 1.10. The monoisotopic (exact) mass is 210 g/mol. The Bertz CT molecular complexity index is 546. The fourth-order valence-corrected chi connectivity index (χ4v) is 2.31. The molecule has 1 aromatic carbocycles. The van der Waals surface area contributed by atoms with E-state index in [1.54, 1.807) is 0 Å². The summed E-state index contributed by atoms with van der Waals surface area (Å²) in [6.07, 6.45) is 0.989. The lowest BCUT2D eigenvalue weighted by Crippen LogP contribution is -2.20. The fraction of sp³-hybridized carbons (Fsp3) is 0.214. The fourth-order valence-electron chi connectivity index (χ4n) is 2.31. The molecule has 1 aliphatic rings. The summed E-state index contributed by atoms with van der Waals surface area (Å²) in [6.45, 7) is 2.04. The van der Waals surface area contributed by atoms with E-state index in [1.807, 2.05) is 6.92 Å². The molecule has 0 radical (unpaired) electrons. The molecular weight excluding hydrogens is 196 g/mol. The van der Waals surface area contributed by atoms with Crippen LogP contribution >= 0.6 is 0 Å². The Morgan fingerprint density at radius 1 is 1.06 bits per heavy atom. The highest BCUT2D eigenvalue weighted by atomic mass is 15.2. The molecule has 2 heteroatoms. The van der Waals surface area contributed by atoms with Crippen LogP contribution < -0.4 is 4.90 Å². The van der Waals surface area contributed by atoms with Crippen molar-refractivity contribution in [1.29, 1.82) is 0 Å². The maximum atomic E-state index is 4.62. The maximum Gasteiger partial charge on any atom is 0.136 e. The number of hydrogen-bond acceptors (Lipinski definition) is 2. The number of benzene rings is 1. The van der Waals surface area contributed by atoms with Crippen LogP contribution in [0.15, 0.2) is 36.4 Å². The van der Waals surface area contributed by atoms with Crippen LogP contribution in [-0.2, 0) is 6.42 Å². The highest BCUT2D eigenvalue weighted by molar-refractivity contribution is 5.70. The molecule has 2 nitrogen and oxygen atoms in total. The van der Waals surface area contributed by atoms with Crippen LogP contribution in [0.1, 0.15) is 16.8 Å². The van der Waals surface area contributed by atoms with Crippen molar-refractivity contribution in [1.82, 2.24) is 4.98 Å². The highest BCUT2D eigenvalue weighted by Gasteiger charge is 2.20. The molecule has 0 N–H and O–H groups in total. The molecule has 0 fully saturated rings. The Balaban J connectivity index is 2.19. The lowest BCUT2D eigenvalue weighted by atomic mass is 9.98. The summed E-state index contributed by atoms with van der Waals surface area (Å²) in [4.78, 5) is 6.80. The van der Waals surface area contributed by atoms with Crippen LogP contribution in [0.2, 0.25) is 0 Å². The first-order chi connectivity index (χ1) is 7.75. The Labute approximate surface area is 95.6 Å². The van der Waals surface area contributed by atoms with E-state index in [1.165, 1.54) is 16.8 Å². The third kappa shape index (κ3) is 1.30. The summed E-state index contributed by atoms with van der Waals surface area (Å²) in [6, 6.07) is 12.8. The number of aryl methyl sites for hydroxylation is 1. The van der Waals surface area contributed by atoms with Gasteiger partial charge in [0.05, 0.1) is 0 Å². The first kappa shape index (κ1) is 9.40. The lowest BCUT2D eigenvalue weighted by Gasteiger charge is -2.29. The lowest BCUT2D eigenvalue weighted by molar-refractivity contribution is 0.990. The van der Waals surface area contributed by atoms with Crippen molar-refractivity contribution >= 4 is 11.5 Å². The van der Waals surface area contributed by atoms with Crippen LogP contribution in [0.25, 0.3) is 0 Å². The molecule has 1 aromatic heterocycles. The largest absolute Gasteiger partial charge is 0.329 e. The van der Waals surface area contributed by atoms with Gasteiger partial charge in [0.1, 0.15) is 5.82 Å². The van der Waals surface area contributed by atoms with E-state index in [9.17, 15) is 0 Å². The van der Waals surface area contributed by atoms with Gasteiger partial charge in [0.15, 0.2) is 0 Å². The minimum atomic E-state index is 0.989. The summed E-state index contributed by atoms with van der Waals surface area (Å²) in [5.41, 5.74) is 5.04. The van der Waals surface area contributed by atoms with Crippen LogP contribution in [0.5, 0.6) is 0 Å². The first-order valence-electron chi connectivity index (χ1n) is 5.54. The number of anilines is 2. The topological polar surface area (TPSA) is 16.1 Å². The second-order valence-electron chi connectivity index (χ2n) is 4.30. The van der Waals surface area contributed by atoms with Gasteiger partial charge in [-0.1, -0.05) is 24.3 Å². The zero-order chi connectivity index (χ0) is 11.1. The third-order valence-electron chi connectivity index (χ3n) is 3.15. The Morgan fingerprint density at radius 3 is 2.75 bits per heavy atom. The number of para-hydroxylation sites is 1. The SMILES string of the molecule is Cc1ccc2c(n1)N(C)c1ccccc1C2. The third-order valence-corrected chi connectivity index (χ3v) is 3.15. The Morgan fingerprint density at radius 2 is 1.88 bits per heavy atom. The molecular formula is C14H14N2. The van der Waals surface area contributed by atoms with Gasteiger partial charge in [0.25, 0.3) is 0 Å². The number of nitrogens with zero attached hydrogens (tertiary/aromatic N) is 2. The van der Waals surface area contributed by atoms with Gasteiger partial charge in [-0.25, -0.2) is 4.98 Å². The molecule has 0 spiro atoms. The molecule has 0 aliphatic carbocycles. The molecule has 16 heavy (non-hydrogen) atoms. The Kier molecular flexibility index (Phi) is 1.96.